The van der Waals surface area contributed by atoms with Crippen molar-refractivity contribution in [3.63, 3.8) is 0 Å². The molecule has 0 radical (unpaired) electrons. The molecule has 1 fully saturated rings. The van der Waals surface area contributed by atoms with Crippen molar-refractivity contribution in [3.05, 3.63) is 58.3 Å². The van der Waals surface area contributed by atoms with Crippen molar-refractivity contribution in [2.75, 3.05) is 0 Å². The van der Waals surface area contributed by atoms with E-state index in [2.05, 4.69) is 0 Å². The maximum atomic E-state index is 13.3. The van der Waals surface area contributed by atoms with E-state index in [0.29, 0.717) is 0 Å². The second-order valence-electron chi connectivity index (χ2n) is 5.72. The average molecular weight is 340 g/mol. The first kappa shape index (κ1) is 16.2. The summed E-state index contributed by atoms with van der Waals surface area (Å²) in [5.74, 6) is -1.67. The van der Waals surface area contributed by atoms with Crippen LogP contribution in [0.1, 0.15) is 23.2 Å². The molecular formula is C16H12F4N2O2. The zero-order valence-electron chi connectivity index (χ0n) is 12.2. The van der Waals surface area contributed by atoms with Crippen LogP contribution in [0.2, 0.25) is 0 Å². The SMILES string of the molecule is NC(=O)c1cn(C2(C(F)(F)F)CC2)cc(-c2ccc(F)cc2)c1=O. The number of nitrogens with zero attached hydrogens (tertiary/aromatic N) is 1. The van der Waals surface area contributed by atoms with Crippen LogP contribution in [0.3, 0.4) is 0 Å². The van der Waals surface area contributed by atoms with Crippen LogP contribution >= 0.6 is 0 Å². The number of hydrogen-bond acceptors (Lipinski definition) is 2. The molecule has 0 atom stereocenters. The molecule has 2 N–H and O–H groups in total. The summed E-state index contributed by atoms with van der Waals surface area (Å²) in [5, 5.41) is 0. The molecule has 8 heteroatoms. The van der Waals surface area contributed by atoms with Crippen LogP contribution in [0.4, 0.5) is 17.6 Å². The standard InChI is InChI=1S/C16H12F4N2O2/c17-10-3-1-9(2-4-10)11-7-22(8-12(13(11)23)14(21)24)15(5-6-15)16(18,19)20/h1-4,7-8H,5-6H2,(H2,21,24). The van der Waals surface area contributed by atoms with Crippen LogP contribution in [0.5, 0.6) is 0 Å². The van der Waals surface area contributed by atoms with Gasteiger partial charge in [-0.3, -0.25) is 9.59 Å². The van der Waals surface area contributed by atoms with E-state index in [4.69, 9.17) is 5.73 Å². The number of nitrogens with two attached hydrogens (primary N) is 1. The minimum absolute atomic E-state index is 0.137. The maximum absolute atomic E-state index is 13.3. The number of amides is 1. The van der Waals surface area contributed by atoms with Gasteiger partial charge in [-0.1, -0.05) is 12.1 Å². The van der Waals surface area contributed by atoms with E-state index in [9.17, 15) is 27.2 Å². The van der Waals surface area contributed by atoms with E-state index < -0.39 is 34.4 Å². The molecule has 1 aromatic heterocycles. The third kappa shape index (κ3) is 2.47. The normalized spacial score (nSPS) is 16.0. The molecule has 24 heavy (non-hydrogen) atoms. The van der Waals surface area contributed by atoms with Gasteiger partial charge in [0.1, 0.15) is 16.9 Å². The molecule has 1 aliphatic carbocycles. The zero-order chi connectivity index (χ0) is 17.7. The van der Waals surface area contributed by atoms with E-state index in [0.717, 1.165) is 29.1 Å². The van der Waals surface area contributed by atoms with E-state index in [1.165, 1.54) is 12.1 Å². The van der Waals surface area contributed by atoms with Crippen molar-refractivity contribution >= 4 is 5.91 Å². The van der Waals surface area contributed by atoms with Crippen molar-refractivity contribution in [1.29, 1.82) is 0 Å². The van der Waals surface area contributed by atoms with Gasteiger partial charge in [0, 0.05) is 18.0 Å². The lowest BCUT2D eigenvalue weighted by atomic mass is 10.0. The van der Waals surface area contributed by atoms with Crippen molar-refractivity contribution in [2.24, 2.45) is 5.73 Å². The van der Waals surface area contributed by atoms with Gasteiger partial charge in [-0.25, -0.2) is 4.39 Å². The topological polar surface area (TPSA) is 65.1 Å². The van der Waals surface area contributed by atoms with Gasteiger partial charge in [0.15, 0.2) is 0 Å². The Morgan fingerprint density at radius 2 is 1.71 bits per heavy atom. The Morgan fingerprint density at radius 3 is 2.17 bits per heavy atom. The maximum Gasteiger partial charge on any atom is 0.411 e. The fraction of sp³-hybridized carbons (Fsp3) is 0.250. The van der Waals surface area contributed by atoms with Crippen LogP contribution in [0.25, 0.3) is 11.1 Å². The van der Waals surface area contributed by atoms with E-state index in [-0.39, 0.29) is 24.0 Å². The number of rotatable bonds is 3. The Kier molecular flexibility index (Phi) is 3.51. The molecule has 0 aliphatic heterocycles. The van der Waals surface area contributed by atoms with Crippen LogP contribution in [-0.4, -0.2) is 16.7 Å². The highest BCUT2D eigenvalue weighted by Crippen LogP contribution is 2.55. The summed E-state index contributed by atoms with van der Waals surface area (Å²) in [6.45, 7) is 0. The predicted molar refractivity (Wildman–Crippen MR) is 77.9 cm³/mol. The highest BCUT2D eigenvalue weighted by Gasteiger charge is 2.64. The first-order chi connectivity index (χ1) is 11.2. The second-order valence-corrected chi connectivity index (χ2v) is 5.72. The van der Waals surface area contributed by atoms with Gasteiger partial charge < -0.3 is 10.3 Å². The largest absolute Gasteiger partial charge is 0.411 e. The lowest BCUT2D eigenvalue weighted by Crippen LogP contribution is -2.37. The van der Waals surface area contributed by atoms with Crippen molar-refractivity contribution in [2.45, 2.75) is 24.6 Å². The molecule has 126 valence electrons. The number of hydrogen-bond donors (Lipinski definition) is 1. The lowest BCUT2D eigenvalue weighted by molar-refractivity contribution is -0.180. The quantitative estimate of drug-likeness (QED) is 0.873. The number of carbonyl (C=O) groups is 1. The van der Waals surface area contributed by atoms with Gasteiger partial charge in [-0.2, -0.15) is 13.2 Å². The average Bonchev–Trinajstić information content (AvgIpc) is 3.29. The molecule has 1 heterocycles. The number of benzene rings is 1. The molecule has 1 aromatic carbocycles. The molecule has 0 unspecified atom stereocenters. The van der Waals surface area contributed by atoms with Crippen LogP contribution in [0.15, 0.2) is 41.5 Å². The van der Waals surface area contributed by atoms with Gasteiger partial charge in [0.2, 0.25) is 5.43 Å². The minimum atomic E-state index is -4.53. The molecule has 1 amide bonds. The van der Waals surface area contributed by atoms with Crippen LogP contribution in [0, 0.1) is 5.82 Å². The first-order valence-corrected chi connectivity index (χ1v) is 7.05. The minimum Gasteiger partial charge on any atom is -0.365 e. The fourth-order valence-electron chi connectivity index (χ4n) is 2.64. The smallest absolute Gasteiger partial charge is 0.365 e. The number of halogens is 4. The third-order valence-corrected chi connectivity index (χ3v) is 4.19. The van der Waals surface area contributed by atoms with Crippen molar-refractivity contribution in [1.82, 2.24) is 4.57 Å². The van der Waals surface area contributed by atoms with Gasteiger partial charge in [0.05, 0.1) is 0 Å². The number of alkyl halides is 3. The molecule has 0 saturated heterocycles. The van der Waals surface area contributed by atoms with Crippen LogP contribution < -0.4 is 11.2 Å². The molecule has 0 bridgehead atoms. The zero-order valence-corrected chi connectivity index (χ0v) is 12.2. The highest BCUT2D eigenvalue weighted by atomic mass is 19.4. The van der Waals surface area contributed by atoms with Crippen molar-refractivity contribution in [3.8, 4) is 11.1 Å². The van der Waals surface area contributed by atoms with Crippen LogP contribution in [-0.2, 0) is 5.54 Å². The highest BCUT2D eigenvalue weighted by molar-refractivity contribution is 5.93. The Morgan fingerprint density at radius 1 is 1.12 bits per heavy atom. The summed E-state index contributed by atoms with van der Waals surface area (Å²) >= 11 is 0. The summed E-state index contributed by atoms with van der Waals surface area (Å²) in [6, 6.07) is 4.67. The lowest BCUT2D eigenvalue weighted by Gasteiger charge is -2.24. The van der Waals surface area contributed by atoms with E-state index in [1.54, 1.807) is 0 Å². The van der Waals surface area contributed by atoms with Crippen molar-refractivity contribution < 1.29 is 22.4 Å². The van der Waals surface area contributed by atoms with Gasteiger partial charge in [-0.05, 0) is 30.5 Å². The molecule has 0 spiro atoms. The first-order valence-electron chi connectivity index (χ1n) is 7.05. The summed E-state index contributed by atoms with van der Waals surface area (Å²) in [6.07, 6.45) is -2.95. The molecule has 1 saturated carbocycles. The number of carbonyl (C=O) groups excluding carboxylic acids is 1. The molecule has 3 rings (SSSR count). The summed E-state index contributed by atoms with van der Waals surface area (Å²) in [4.78, 5) is 23.8. The monoisotopic (exact) mass is 340 g/mol. The predicted octanol–water partition coefficient (Wildman–Crippen LogP) is 2.80. The fourth-order valence-corrected chi connectivity index (χ4v) is 2.64. The second kappa shape index (κ2) is 5.19. The van der Waals surface area contributed by atoms with Gasteiger partial charge in [0.25, 0.3) is 5.91 Å². The Balaban J connectivity index is 2.25. The molecule has 1 aliphatic rings. The Labute approximate surface area is 133 Å². The molecular weight excluding hydrogens is 328 g/mol. The number of aromatic nitrogens is 1. The Hall–Kier alpha value is -2.64. The summed E-state index contributed by atoms with van der Waals surface area (Å²) in [5.41, 5.74) is 1.74. The summed E-state index contributed by atoms with van der Waals surface area (Å²) in [7, 11) is 0. The molecule has 4 nitrogen and oxygen atoms in total. The van der Waals surface area contributed by atoms with Gasteiger partial charge >= 0.3 is 6.18 Å². The van der Waals surface area contributed by atoms with E-state index in [1.807, 2.05) is 0 Å². The van der Waals surface area contributed by atoms with E-state index >= 15 is 0 Å². The molecule has 2 aromatic rings. The Bertz CT molecular complexity index is 865. The van der Waals surface area contributed by atoms with Gasteiger partial charge in [-0.15, -0.1) is 0 Å². The summed E-state index contributed by atoms with van der Waals surface area (Å²) < 4.78 is 53.9. The number of primary amides is 1. The third-order valence-electron chi connectivity index (χ3n) is 4.19. The number of pyridine rings is 1.